The van der Waals surface area contributed by atoms with E-state index >= 15 is 0 Å². The van der Waals surface area contributed by atoms with Crippen LogP contribution in [0.4, 0.5) is 5.69 Å². The zero-order chi connectivity index (χ0) is 20.4. The number of anilines is 1. The van der Waals surface area contributed by atoms with E-state index in [9.17, 15) is 14.7 Å². The third-order valence-electron chi connectivity index (χ3n) is 4.58. The van der Waals surface area contributed by atoms with Gasteiger partial charge in [-0.3, -0.25) is 9.36 Å². The van der Waals surface area contributed by atoms with Gasteiger partial charge >= 0.3 is 5.97 Å². The average molecular weight is 398 g/mol. The molecule has 0 radical (unpaired) electrons. The van der Waals surface area contributed by atoms with Gasteiger partial charge in [-0.05, 0) is 43.4 Å². The van der Waals surface area contributed by atoms with Crippen LogP contribution < -0.4 is 10.9 Å². The summed E-state index contributed by atoms with van der Waals surface area (Å²) in [6.07, 6.45) is 0. The average Bonchev–Trinajstić information content (AvgIpc) is 2.66. The molecular formula is C21H23N3O3S. The van der Waals surface area contributed by atoms with E-state index in [1.165, 1.54) is 11.8 Å². The molecule has 28 heavy (non-hydrogen) atoms. The topological polar surface area (TPSA) is 84.2 Å². The van der Waals surface area contributed by atoms with E-state index in [0.717, 1.165) is 16.9 Å². The summed E-state index contributed by atoms with van der Waals surface area (Å²) in [5, 5.41) is 13.9. The fourth-order valence-electron chi connectivity index (χ4n) is 3.23. The Balaban J connectivity index is 2.14. The van der Waals surface area contributed by atoms with Gasteiger partial charge in [0.25, 0.3) is 5.56 Å². The van der Waals surface area contributed by atoms with Crippen molar-refractivity contribution in [3.63, 3.8) is 0 Å². The van der Waals surface area contributed by atoms with Gasteiger partial charge in [0.1, 0.15) is 0 Å². The van der Waals surface area contributed by atoms with Gasteiger partial charge in [-0.25, -0.2) is 9.78 Å². The lowest BCUT2D eigenvalue weighted by molar-refractivity contribution is 0.0698. The summed E-state index contributed by atoms with van der Waals surface area (Å²) in [5.41, 5.74) is 3.13. The van der Waals surface area contributed by atoms with Crippen LogP contribution in [0.25, 0.3) is 10.9 Å². The van der Waals surface area contributed by atoms with Crippen molar-refractivity contribution in [3.05, 3.63) is 63.4 Å². The first kappa shape index (κ1) is 19.9. The lowest BCUT2D eigenvalue weighted by Gasteiger charge is -2.20. The van der Waals surface area contributed by atoms with Gasteiger partial charge in [0.05, 0.1) is 22.5 Å². The number of hydrogen-bond acceptors (Lipinski definition) is 5. The lowest BCUT2D eigenvalue weighted by atomic mass is 10.0. The van der Waals surface area contributed by atoms with Crippen LogP contribution >= 0.6 is 11.8 Å². The molecule has 0 bridgehead atoms. The van der Waals surface area contributed by atoms with E-state index in [1.54, 1.807) is 35.9 Å². The summed E-state index contributed by atoms with van der Waals surface area (Å²) in [7, 11) is 1.74. The number of thioether (sulfide) groups is 1. The molecule has 146 valence electrons. The zero-order valence-corrected chi connectivity index (χ0v) is 17.1. The number of aryl methyl sites for hydroxylation is 1. The van der Waals surface area contributed by atoms with Crippen LogP contribution in [-0.2, 0) is 7.05 Å². The van der Waals surface area contributed by atoms with Crippen LogP contribution in [0.3, 0.4) is 0 Å². The van der Waals surface area contributed by atoms with Crippen molar-refractivity contribution in [2.75, 3.05) is 11.1 Å². The van der Waals surface area contributed by atoms with Crippen LogP contribution in [0.15, 0.2) is 46.3 Å². The van der Waals surface area contributed by atoms with Gasteiger partial charge in [0.2, 0.25) is 0 Å². The molecule has 3 aromatic rings. The maximum absolute atomic E-state index is 12.9. The van der Waals surface area contributed by atoms with Gasteiger partial charge in [-0.2, -0.15) is 0 Å². The van der Waals surface area contributed by atoms with Gasteiger partial charge in [-0.15, -0.1) is 0 Å². The Labute approximate surface area is 167 Å². The summed E-state index contributed by atoms with van der Waals surface area (Å²) < 4.78 is 1.58. The Morgan fingerprint density at radius 3 is 2.71 bits per heavy atom. The smallest absolute Gasteiger partial charge is 0.337 e. The normalized spacial score (nSPS) is 12.1. The Bertz CT molecular complexity index is 1110. The van der Waals surface area contributed by atoms with E-state index in [1.807, 2.05) is 32.9 Å². The third kappa shape index (κ3) is 3.75. The maximum Gasteiger partial charge on any atom is 0.337 e. The molecule has 1 atom stereocenters. The minimum Gasteiger partial charge on any atom is -0.478 e. The molecular weight excluding hydrogens is 374 g/mol. The Morgan fingerprint density at radius 1 is 1.32 bits per heavy atom. The molecule has 0 amide bonds. The molecule has 0 saturated heterocycles. The number of para-hydroxylation sites is 1. The molecule has 0 unspecified atom stereocenters. The summed E-state index contributed by atoms with van der Waals surface area (Å²) in [6, 6.07) is 10.4. The maximum atomic E-state index is 12.9. The molecule has 1 aromatic heterocycles. The van der Waals surface area contributed by atoms with Crippen molar-refractivity contribution in [1.82, 2.24) is 9.55 Å². The number of benzene rings is 2. The van der Waals surface area contributed by atoms with Crippen molar-refractivity contribution in [2.45, 2.75) is 32.0 Å². The van der Waals surface area contributed by atoms with Crippen molar-refractivity contribution in [1.29, 1.82) is 0 Å². The summed E-state index contributed by atoms with van der Waals surface area (Å²) in [5.74, 6) is -0.176. The van der Waals surface area contributed by atoms with Gasteiger partial charge < -0.3 is 10.4 Å². The second kappa shape index (κ2) is 8.06. The highest BCUT2D eigenvalue weighted by Crippen LogP contribution is 2.28. The summed E-state index contributed by atoms with van der Waals surface area (Å²) >= 11 is 1.52. The minimum absolute atomic E-state index is 0.0796. The molecule has 0 aliphatic heterocycles. The molecule has 7 heteroatoms. The van der Waals surface area contributed by atoms with Crippen LogP contribution in [0, 0.1) is 6.92 Å². The van der Waals surface area contributed by atoms with Crippen LogP contribution in [0.1, 0.15) is 41.4 Å². The van der Waals surface area contributed by atoms with Gasteiger partial charge in [0.15, 0.2) is 5.16 Å². The third-order valence-corrected chi connectivity index (χ3v) is 5.49. The standard InChI is InChI=1S/C21H23N3O3S/c1-5-28-21-23-18-15(10-12(2)11-16(18)19(25)24(21)4)13(3)22-17-9-7-6-8-14(17)20(26)27/h6-11,13,22H,5H2,1-4H3,(H,26,27)/t13-/m1/s1. The SMILES string of the molecule is CCSc1nc2c([C@@H](C)Nc3ccccc3C(=O)O)cc(C)cc2c(=O)n1C. The lowest BCUT2D eigenvalue weighted by Crippen LogP contribution is -2.21. The first-order valence-electron chi connectivity index (χ1n) is 9.06. The number of carboxylic acids is 1. The number of nitrogens with zero attached hydrogens (tertiary/aromatic N) is 2. The summed E-state index contributed by atoms with van der Waals surface area (Å²) in [6.45, 7) is 5.90. The first-order chi connectivity index (χ1) is 13.3. The van der Waals surface area contributed by atoms with Crippen LogP contribution in [0.5, 0.6) is 0 Å². The quantitative estimate of drug-likeness (QED) is 0.478. The molecule has 0 spiro atoms. The van der Waals surface area contributed by atoms with Crippen LogP contribution in [-0.4, -0.2) is 26.4 Å². The fraction of sp³-hybridized carbons (Fsp3) is 0.286. The molecule has 1 heterocycles. The number of carbonyl (C=O) groups is 1. The Morgan fingerprint density at radius 2 is 2.04 bits per heavy atom. The largest absolute Gasteiger partial charge is 0.478 e. The Kier molecular flexibility index (Phi) is 5.74. The fourth-order valence-corrected chi connectivity index (χ4v) is 3.92. The second-order valence-electron chi connectivity index (χ2n) is 6.66. The van der Waals surface area contributed by atoms with E-state index in [-0.39, 0.29) is 17.2 Å². The number of aromatic carboxylic acids is 1. The Hall–Kier alpha value is -2.80. The molecule has 6 nitrogen and oxygen atoms in total. The predicted molar refractivity (Wildman–Crippen MR) is 114 cm³/mol. The van der Waals surface area contributed by atoms with E-state index in [0.29, 0.717) is 21.7 Å². The molecule has 0 aliphatic rings. The highest BCUT2D eigenvalue weighted by molar-refractivity contribution is 7.99. The van der Waals surface area contributed by atoms with Gasteiger partial charge in [0, 0.05) is 18.3 Å². The van der Waals surface area contributed by atoms with Crippen molar-refractivity contribution in [3.8, 4) is 0 Å². The highest BCUT2D eigenvalue weighted by Gasteiger charge is 2.18. The van der Waals surface area contributed by atoms with E-state index in [4.69, 9.17) is 4.98 Å². The second-order valence-corrected chi connectivity index (χ2v) is 7.89. The van der Waals surface area contributed by atoms with E-state index < -0.39 is 5.97 Å². The number of fused-ring (bicyclic) bond motifs is 1. The number of aromatic nitrogens is 2. The van der Waals surface area contributed by atoms with Gasteiger partial charge in [-0.1, -0.05) is 36.9 Å². The monoisotopic (exact) mass is 397 g/mol. The van der Waals surface area contributed by atoms with Crippen LogP contribution in [0.2, 0.25) is 0 Å². The molecule has 2 N–H and O–H groups in total. The first-order valence-corrected chi connectivity index (χ1v) is 10.0. The van der Waals surface area contributed by atoms with Crippen molar-refractivity contribution in [2.24, 2.45) is 7.05 Å². The molecule has 0 saturated carbocycles. The number of nitrogens with one attached hydrogen (secondary N) is 1. The van der Waals surface area contributed by atoms with E-state index in [2.05, 4.69) is 5.32 Å². The van der Waals surface area contributed by atoms with Crippen molar-refractivity contribution < 1.29 is 9.90 Å². The highest BCUT2D eigenvalue weighted by atomic mass is 32.2. The minimum atomic E-state index is -0.988. The number of hydrogen-bond donors (Lipinski definition) is 2. The molecule has 0 aliphatic carbocycles. The predicted octanol–water partition coefficient (Wildman–Crippen LogP) is 4.23. The summed E-state index contributed by atoms with van der Waals surface area (Å²) in [4.78, 5) is 29.1. The number of rotatable bonds is 6. The molecule has 3 rings (SSSR count). The van der Waals surface area contributed by atoms with Crippen molar-refractivity contribution >= 4 is 34.3 Å². The molecule has 0 fully saturated rings. The number of carboxylic acid groups (broad SMARTS) is 1. The molecule has 2 aromatic carbocycles. The zero-order valence-electron chi connectivity index (χ0n) is 16.3.